The van der Waals surface area contributed by atoms with Gasteiger partial charge < -0.3 is 9.47 Å². The average molecular weight is 472 g/mol. The van der Waals surface area contributed by atoms with Crippen molar-refractivity contribution < 1.29 is 9.47 Å². The quantitative estimate of drug-likeness (QED) is 0.477. The summed E-state index contributed by atoms with van der Waals surface area (Å²) < 4.78 is 13.9. The van der Waals surface area contributed by atoms with Gasteiger partial charge in [0, 0.05) is 22.0 Å². The minimum atomic E-state index is 0.215. The molecular formula is C22H22BrN3O2S. The number of hydrogen-bond acceptors (Lipinski definition) is 5. The minimum Gasteiger partial charge on any atom is -0.497 e. The highest BCUT2D eigenvalue weighted by Gasteiger charge is 2.15. The van der Waals surface area contributed by atoms with Gasteiger partial charge in [0.05, 0.1) is 31.7 Å². The van der Waals surface area contributed by atoms with Gasteiger partial charge in [-0.15, -0.1) is 11.3 Å². The minimum absolute atomic E-state index is 0.215. The molecule has 1 atom stereocenters. The second-order valence-electron chi connectivity index (χ2n) is 6.72. The van der Waals surface area contributed by atoms with E-state index in [2.05, 4.69) is 33.4 Å². The van der Waals surface area contributed by atoms with Crippen LogP contribution < -0.4 is 9.54 Å². The lowest BCUT2D eigenvalue weighted by atomic mass is 10.2. The van der Waals surface area contributed by atoms with E-state index < -0.39 is 0 Å². The van der Waals surface area contributed by atoms with Gasteiger partial charge in [0.25, 0.3) is 0 Å². The Morgan fingerprint density at radius 3 is 2.69 bits per heavy atom. The van der Waals surface area contributed by atoms with Gasteiger partial charge in [-0.1, -0.05) is 28.1 Å². The van der Waals surface area contributed by atoms with Crippen LogP contribution in [0.2, 0.25) is 0 Å². The molecule has 2 heterocycles. The van der Waals surface area contributed by atoms with Crippen molar-refractivity contribution in [3.63, 3.8) is 0 Å². The predicted octanol–water partition coefficient (Wildman–Crippen LogP) is 4.95. The van der Waals surface area contributed by atoms with E-state index in [1.54, 1.807) is 18.4 Å². The first-order valence-electron chi connectivity index (χ1n) is 9.50. The summed E-state index contributed by atoms with van der Waals surface area (Å²) in [6.45, 7) is 1.50. The van der Waals surface area contributed by atoms with Crippen LogP contribution in [0.15, 0.2) is 68.5 Å². The van der Waals surface area contributed by atoms with Crippen molar-refractivity contribution >= 4 is 33.5 Å². The van der Waals surface area contributed by atoms with Crippen LogP contribution in [0.25, 0.3) is 11.3 Å². The molecule has 1 saturated heterocycles. The first-order valence-corrected chi connectivity index (χ1v) is 11.2. The zero-order valence-electron chi connectivity index (χ0n) is 16.1. The lowest BCUT2D eigenvalue weighted by molar-refractivity contribution is 0.117. The molecule has 0 N–H and O–H groups in total. The maximum atomic E-state index is 5.72. The molecule has 0 spiro atoms. The Bertz CT molecular complexity index is 1030. The van der Waals surface area contributed by atoms with Crippen molar-refractivity contribution in [1.29, 1.82) is 0 Å². The number of thiazole rings is 1. The largest absolute Gasteiger partial charge is 0.497 e. The van der Waals surface area contributed by atoms with E-state index in [4.69, 9.17) is 19.6 Å². The van der Waals surface area contributed by atoms with Crippen molar-refractivity contribution in [2.75, 3.05) is 20.3 Å². The van der Waals surface area contributed by atoms with Crippen LogP contribution in [0.5, 0.6) is 5.75 Å². The third-order valence-electron chi connectivity index (χ3n) is 4.72. The Kier molecular flexibility index (Phi) is 6.59. The summed E-state index contributed by atoms with van der Waals surface area (Å²) in [4.78, 5) is 5.67. The molecule has 1 aliphatic heterocycles. The number of methoxy groups -OCH3 is 1. The fraction of sp³-hybridized carbons (Fsp3) is 0.273. The van der Waals surface area contributed by atoms with E-state index >= 15 is 0 Å². The lowest BCUT2D eigenvalue weighted by Gasteiger charge is -2.06. The molecule has 0 bridgehead atoms. The van der Waals surface area contributed by atoms with E-state index in [9.17, 15) is 0 Å². The molecule has 0 saturated carbocycles. The number of halogens is 1. The van der Waals surface area contributed by atoms with Crippen LogP contribution in [0.1, 0.15) is 18.4 Å². The molecule has 0 amide bonds. The zero-order valence-corrected chi connectivity index (χ0v) is 18.5. The molecule has 3 aromatic rings. The molecule has 0 aliphatic carbocycles. The summed E-state index contributed by atoms with van der Waals surface area (Å²) in [6, 6.07) is 16.1. The lowest BCUT2D eigenvalue weighted by Crippen LogP contribution is -2.17. The SMILES string of the molecule is COc1ccc(C=Nn2c(-c3ccc(Br)cc3)csc2=NCC2CCCO2)cc1. The smallest absolute Gasteiger partial charge is 0.206 e. The summed E-state index contributed by atoms with van der Waals surface area (Å²) >= 11 is 5.10. The van der Waals surface area contributed by atoms with Crippen LogP contribution in [-0.4, -0.2) is 37.3 Å². The topological polar surface area (TPSA) is 48.1 Å². The molecule has 7 heteroatoms. The fourth-order valence-corrected chi connectivity index (χ4v) is 4.23. The third-order valence-corrected chi connectivity index (χ3v) is 6.10. The van der Waals surface area contributed by atoms with Crippen LogP contribution in [0.4, 0.5) is 0 Å². The van der Waals surface area contributed by atoms with Crippen LogP contribution in [0, 0.1) is 0 Å². The van der Waals surface area contributed by atoms with E-state index in [0.29, 0.717) is 6.54 Å². The van der Waals surface area contributed by atoms with Gasteiger partial charge in [-0.25, -0.2) is 4.68 Å². The van der Waals surface area contributed by atoms with Gasteiger partial charge in [0.15, 0.2) is 0 Å². The molecule has 4 rings (SSSR count). The molecule has 1 aliphatic rings. The van der Waals surface area contributed by atoms with Gasteiger partial charge in [-0.2, -0.15) is 5.10 Å². The third kappa shape index (κ3) is 5.04. The fourth-order valence-electron chi connectivity index (χ4n) is 3.12. The van der Waals surface area contributed by atoms with Crippen molar-refractivity contribution in [3.05, 3.63) is 68.7 Å². The standard InChI is InChI=1S/C22H22BrN3O2S/c1-27-19-10-4-16(5-11-19)13-25-26-21(17-6-8-18(23)9-7-17)15-29-22(26)24-14-20-3-2-12-28-20/h4-11,13,15,20H,2-3,12,14H2,1H3. The number of rotatable bonds is 6. The highest BCUT2D eigenvalue weighted by molar-refractivity contribution is 9.10. The Morgan fingerprint density at radius 2 is 2.00 bits per heavy atom. The average Bonchev–Trinajstić information content (AvgIpc) is 3.41. The van der Waals surface area contributed by atoms with Crippen molar-refractivity contribution in [3.8, 4) is 17.0 Å². The molecule has 0 radical (unpaired) electrons. The summed E-state index contributed by atoms with van der Waals surface area (Å²) in [5.41, 5.74) is 3.10. The summed E-state index contributed by atoms with van der Waals surface area (Å²) in [7, 11) is 1.66. The zero-order chi connectivity index (χ0) is 20.1. The highest BCUT2D eigenvalue weighted by Crippen LogP contribution is 2.23. The molecule has 1 unspecified atom stereocenters. The van der Waals surface area contributed by atoms with E-state index in [1.807, 2.05) is 47.3 Å². The normalized spacial score (nSPS) is 17.3. The molecule has 5 nitrogen and oxygen atoms in total. The summed E-state index contributed by atoms with van der Waals surface area (Å²) in [5.74, 6) is 0.827. The van der Waals surface area contributed by atoms with Gasteiger partial charge in [0.1, 0.15) is 5.75 Å². The van der Waals surface area contributed by atoms with E-state index in [1.165, 1.54) is 0 Å². The maximum Gasteiger partial charge on any atom is 0.206 e. The molecule has 1 aromatic heterocycles. The second-order valence-corrected chi connectivity index (χ2v) is 8.47. The Hall–Kier alpha value is -2.22. The summed E-state index contributed by atoms with van der Waals surface area (Å²) in [5, 5.41) is 6.85. The monoisotopic (exact) mass is 471 g/mol. The second kappa shape index (κ2) is 9.52. The predicted molar refractivity (Wildman–Crippen MR) is 121 cm³/mol. The van der Waals surface area contributed by atoms with E-state index in [-0.39, 0.29) is 6.10 Å². The van der Waals surface area contributed by atoms with Gasteiger partial charge >= 0.3 is 0 Å². The molecule has 1 fully saturated rings. The van der Waals surface area contributed by atoms with Gasteiger partial charge in [-0.05, 0) is 54.8 Å². The Balaban J connectivity index is 1.68. The Labute approximate surface area is 182 Å². The van der Waals surface area contributed by atoms with Gasteiger partial charge in [0.2, 0.25) is 4.80 Å². The van der Waals surface area contributed by atoms with Crippen molar-refractivity contribution in [1.82, 2.24) is 4.68 Å². The number of benzene rings is 2. The summed E-state index contributed by atoms with van der Waals surface area (Å²) in [6.07, 6.45) is 4.25. The maximum absolute atomic E-state index is 5.72. The highest BCUT2D eigenvalue weighted by atomic mass is 79.9. The first kappa shape index (κ1) is 20.1. The van der Waals surface area contributed by atoms with Crippen LogP contribution in [0.3, 0.4) is 0 Å². The van der Waals surface area contributed by atoms with Crippen LogP contribution >= 0.6 is 27.3 Å². The van der Waals surface area contributed by atoms with E-state index in [0.717, 1.165) is 51.3 Å². The molecular weight excluding hydrogens is 450 g/mol. The van der Waals surface area contributed by atoms with Crippen LogP contribution in [-0.2, 0) is 4.74 Å². The molecule has 29 heavy (non-hydrogen) atoms. The number of aromatic nitrogens is 1. The van der Waals surface area contributed by atoms with Crippen molar-refractivity contribution in [2.24, 2.45) is 10.1 Å². The number of ether oxygens (including phenoxy) is 2. The van der Waals surface area contributed by atoms with Gasteiger partial charge in [-0.3, -0.25) is 4.99 Å². The molecule has 150 valence electrons. The first-order chi connectivity index (χ1) is 14.2. The Morgan fingerprint density at radius 1 is 1.21 bits per heavy atom. The molecule has 2 aromatic carbocycles. The number of hydrogen-bond donors (Lipinski definition) is 0. The van der Waals surface area contributed by atoms with Crippen molar-refractivity contribution in [2.45, 2.75) is 18.9 Å². The number of nitrogens with zero attached hydrogens (tertiary/aromatic N) is 3.